The molecule has 102 valence electrons. The van der Waals surface area contributed by atoms with Crippen molar-refractivity contribution in [3.8, 4) is 0 Å². The molecule has 1 unspecified atom stereocenters. The number of nitrogens with one attached hydrogen (secondary N) is 1. The number of ether oxygens (including phenoxy) is 2. The lowest BCUT2D eigenvalue weighted by molar-refractivity contribution is 0.0182. The van der Waals surface area contributed by atoms with Gasteiger partial charge in [-0.3, -0.25) is 0 Å². The molecular formula is C12H17ClINO3. The summed E-state index contributed by atoms with van der Waals surface area (Å²) in [6.45, 7) is 1.76. The molecule has 0 radical (unpaired) electrons. The van der Waals surface area contributed by atoms with Gasteiger partial charge >= 0.3 is 0 Å². The van der Waals surface area contributed by atoms with E-state index in [1.165, 1.54) is 0 Å². The summed E-state index contributed by atoms with van der Waals surface area (Å²) >= 11 is 8.06. The number of halogens is 2. The minimum absolute atomic E-state index is 0.292. The lowest BCUT2D eigenvalue weighted by Crippen LogP contribution is -2.25. The predicted molar refractivity (Wildman–Crippen MR) is 81.4 cm³/mol. The molecule has 1 aromatic rings. The standard InChI is InChI=1S/C12H17ClINO3/c1-17-4-5-18-8-10(16)7-15-12-3-2-9(13)6-11(12)14/h2-3,6,10,15-16H,4-5,7-8H2,1H3. The molecule has 4 nitrogen and oxygen atoms in total. The van der Waals surface area contributed by atoms with Crippen molar-refractivity contribution < 1.29 is 14.6 Å². The first-order chi connectivity index (χ1) is 8.63. The highest BCUT2D eigenvalue weighted by atomic mass is 127. The molecule has 0 aliphatic heterocycles. The summed E-state index contributed by atoms with van der Waals surface area (Å²) in [6, 6.07) is 5.57. The van der Waals surface area contributed by atoms with E-state index in [0.29, 0.717) is 31.4 Å². The summed E-state index contributed by atoms with van der Waals surface area (Å²) in [6.07, 6.45) is -0.548. The van der Waals surface area contributed by atoms with E-state index in [4.69, 9.17) is 21.1 Å². The molecule has 18 heavy (non-hydrogen) atoms. The van der Waals surface area contributed by atoms with Crippen molar-refractivity contribution in [3.63, 3.8) is 0 Å². The molecule has 0 aliphatic rings. The highest BCUT2D eigenvalue weighted by Crippen LogP contribution is 2.22. The number of hydrogen-bond donors (Lipinski definition) is 2. The number of hydrogen-bond acceptors (Lipinski definition) is 4. The monoisotopic (exact) mass is 385 g/mol. The average Bonchev–Trinajstić information content (AvgIpc) is 2.33. The first-order valence-electron chi connectivity index (χ1n) is 5.57. The van der Waals surface area contributed by atoms with Gasteiger partial charge in [0.05, 0.1) is 25.9 Å². The van der Waals surface area contributed by atoms with Gasteiger partial charge in [0.2, 0.25) is 0 Å². The van der Waals surface area contributed by atoms with Gasteiger partial charge in [0.1, 0.15) is 0 Å². The van der Waals surface area contributed by atoms with E-state index < -0.39 is 6.10 Å². The van der Waals surface area contributed by atoms with Crippen molar-refractivity contribution in [2.75, 3.05) is 38.8 Å². The first-order valence-corrected chi connectivity index (χ1v) is 7.03. The summed E-state index contributed by atoms with van der Waals surface area (Å²) in [5, 5.41) is 13.6. The van der Waals surface area contributed by atoms with Gasteiger partial charge in [-0.15, -0.1) is 0 Å². The highest BCUT2D eigenvalue weighted by molar-refractivity contribution is 14.1. The second-order valence-corrected chi connectivity index (χ2v) is 5.33. The lowest BCUT2D eigenvalue weighted by Gasteiger charge is -2.14. The Hall–Kier alpha value is -0.0800. The van der Waals surface area contributed by atoms with E-state index in [0.717, 1.165) is 9.26 Å². The van der Waals surface area contributed by atoms with Crippen LogP contribution < -0.4 is 5.32 Å². The molecule has 0 saturated carbocycles. The molecule has 1 aromatic carbocycles. The van der Waals surface area contributed by atoms with Gasteiger partial charge in [0.25, 0.3) is 0 Å². The summed E-state index contributed by atoms with van der Waals surface area (Å²) in [5.41, 5.74) is 0.955. The van der Waals surface area contributed by atoms with Gasteiger partial charge in [-0.1, -0.05) is 11.6 Å². The third kappa shape index (κ3) is 6.19. The zero-order valence-corrected chi connectivity index (χ0v) is 13.1. The van der Waals surface area contributed by atoms with E-state index in [1.807, 2.05) is 18.2 Å². The maximum atomic E-state index is 9.70. The average molecular weight is 386 g/mol. The van der Waals surface area contributed by atoms with Gasteiger partial charge in [-0.2, -0.15) is 0 Å². The maximum Gasteiger partial charge on any atom is 0.0945 e. The van der Waals surface area contributed by atoms with Crippen LogP contribution >= 0.6 is 34.2 Å². The molecule has 2 N–H and O–H groups in total. The zero-order valence-electron chi connectivity index (χ0n) is 10.2. The Kier molecular flexibility index (Phi) is 7.92. The fourth-order valence-corrected chi connectivity index (χ4v) is 2.34. The van der Waals surface area contributed by atoms with Crippen LogP contribution in [0.3, 0.4) is 0 Å². The van der Waals surface area contributed by atoms with Crippen molar-refractivity contribution in [1.29, 1.82) is 0 Å². The second-order valence-electron chi connectivity index (χ2n) is 3.73. The third-order valence-electron chi connectivity index (χ3n) is 2.20. The summed E-state index contributed by atoms with van der Waals surface area (Å²) in [7, 11) is 1.61. The summed E-state index contributed by atoms with van der Waals surface area (Å²) in [4.78, 5) is 0. The van der Waals surface area contributed by atoms with Gasteiger partial charge in [0, 0.05) is 27.9 Å². The van der Waals surface area contributed by atoms with Crippen LogP contribution in [0.2, 0.25) is 5.02 Å². The molecule has 1 rings (SSSR count). The topological polar surface area (TPSA) is 50.7 Å². The summed E-state index contributed by atoms with van der Waals surface area (Å²) in [5.74, 6) is 0. The first kappa shape index (κ1) is 16.0. The predicted octanol–water partition coefficient (Wildman–Crippen LogP) is 2.38. The smallest absolute Gasteiger partial charge is 0.0945 e. The van der Waals surface area contributed by atoms with Crippen LogP contribution in [0.4, 0.5) is 5.69 Å². The molecule has 1 atom stereocenters. The van der Waals surface area contributed by atoms with E-state index in [9.17, 15) is 5.11 Å². The number of aliphatic hydroxyl groups excluding tert-OH is 1. The molecule has 0 bridgehead atoms. The number of methoxy groups -OCH3 is 1. The molecular weight excluding hydrogens is 368 g/mol. The van der Waals surface area contributed by atoms with Crippen LogP contribution in [0.5, 0.6) is 0 Å². The van der Waals surface area contributed by atoms with Gasteiger partial charge in [-0.05, 0) is 40.8 Å². The Balaban J connectivity index is 2.27. The Bertz CT molecular complexity index is 365. The normalized spacial score (nSPS) is 12.4. The molecule has 0 heterocycles. The van der Waals surface area contributed by atoms with E-state index >= 15 is 0 Å². The summed E-state index contributed by atoms with van der Waals surface area (Å²) < 4.78 is 11.1. The van der Waals surface area contributed by atoms with Gasteiger partial charge in [0.15, 0.2) is 0 Å². The molecule has 0 aliphatic carbocycles. The largest absolute Gasteiger partial charge is 0.389 e. The van der Waals surface area contributed by atoms with Crippen molar-refractivity contribution in [2.45, 2.75) is 6.10 Å². The molecule has 0 spiro atoms. The van der Waals surface area contributed by atoms with E-state index in [2.05, 4.69) is 27.9 Å². The van der Waals surface area contributed by atoms with Crippen LogP contribution in [0.1, 0.15) is 0 Å². The molecule has 0 amide bonds. The Morgan fingerprint density at radius 1 is 1.44 bits per heavy atom. The van der Waals surface area contributed by atoms with Crippen molar-refractivity contribution >= 4 is 39.9 Å². The minimum atomic E-state index is -0.548. The number of rotatable bonds is 8. The second kappa shape index (κ2) is 8.92. The fraction of sp³-hybridized carbons (Fsp3) is 0.500. The lowest BCUT2D eigenvalue weighted by atomic mass is 10.3. The fourth-order valence-electron chi connectivity index (χ4n) is 1.28. The maximum absolute atomic E-state index is 9.70. The molecule has 0 fully saturated rings. The van der Waals surface area contributed by atoms with Crippen LogP contribution in [0.25, 0.3) is 0 Å². The minimum Gasteiger partial charge on any atom is -0.389 e. The Morgan fingerprint density at radius 3 is 2.89 bits per heavy atom. The SMILES string of the molecule is COCCOCC(O)CNc1ccc(Cl)cc1I. The van der Waals surface area contributed by atoms with Crippen LogP contribution in [0.15, 0.2) is 18.2 Å². The highest BCUT2D eigenvalue weighted by Gasteiger charge is 2.06. The van der Waals surface area contributed by atoms with Crippen molar-refractivity contribution in [1.82, 2.24) is 0 Å². The number of anilines is 1. The van der Waals surface area contributed by atoms with Crippen LogP contribution in [-0.2, 0) is 9.47 Å². The Labute approximate surface area is 126 Å². The van der Waals surface area contributed by atoms with Crippen molar-refractivity contribution in [2.24, 2.45) is 0 Å². The van der Waals surface area contributed by atoms with E-state index in [-0.39, 0.29) is 0 Å². The number of aliphatic hydroxyl groups is 1. The van der Waals surface area contributed by atoms with Crippen molar-refractivity contribution in [3.05, 3.63) is 26.8 Å². The quantitative estimate of drug-likeness (QED) is 0.533. The third-order valence-corrected chi connectivity index (χ3v) is 3.33. The van der Waals surface area contributed by atoms with Crippen LogP contribution in [-0.4, -0.2) is 44.7 Å². The number of benzene rings is 1. The van der Waals surface area contributed by atoms with Crippen LogP contribution in [0, 0.1) is 3.57 Å². The van der Waals surface area contributed by atoms with E-state index in [1.54, 1.807) is 7.11 Å². The molecule has 0 saturated heterocycles. The zero-order chi connectivity index (χ0) is 13.4. The molecule has 0 aromatic heterocycles. The van der Waals surface area contributed by atoms with Gasteiger partial charge in [-0.25, -0.2) is 0 Å². The van der Waals surface area contributed by atoms with Gasteiger partial charge < -0.3 is 19.9 Å². The molecule has 6 heteroatoms. The Morgan fingerprint density at radius 2 is 2.22 bits per heavy atom.